The fourth-order valence-corrected chi connectivity index (χ4v) is 1.38. The van der Waals surface area contributed by atoms with Crippen LogP contribution < -0.4 is 4.74 Å². The first-order valence-electron chi connectivity index (χ1n) is 4.69. The lowest BCUT2D eigenvalue weighted by Crippen LogP contribution is -2.01. The summed E-state index contributed by atoms with van der Waals surface area (Å²) in [6.07, 6.45) is 5.05. The Bertz CT molecular complexity index is 366. The lowest BCUT2D eigenvalue weighted by Gasteiger charge is -2.12. The molecule has 1 atom stereocenters. The maximum Gasteiger partial charge on any atom is 0.125 e. The molecule has 1 aromatic rings. The maximum absolute atomic E-state index is 9.51. The molecule has 0 saturated heterocycles. The Morgan fingerprint density at radius 3 is 2.93 bits per heavy atom. The van der Waals surface area contributed by atoms with Gasteiger partial charge in [0.2, 0.25) is 0 Å². The molecule has 0 aromatic heterocycles. The van der Waals surface area contributed by atoms with E-state index in [1.54, 1.807) is 25.1 Å². The number of hydrogen-bond donors (Lipinski definition) is 1. The van der Waals surface area contributed by atoms with Crippen LogP contribution in [0.1, 0.15) is 25.0 Å². The smallest absolute Gasteiger partial charge is 0.125 e. The van der Waals surface area contributed by atoms with Gasteiger partial charge in [0.1, 0.15) is 5.75 Å². The first-order chi connectivity index (χ1) is 7.15. The zero-order chi connectivity index (χ0) is 11.3. The van der Waals surface area contributed by atoms with Crippen LogP contribution in [0.15, 0.2) is 18.2 Å². The van der Waals surface area contributed by atoms with Crippen molar-refractivity contribution in [2.75, 3.05) is 6.61 Å². The highest BCUT2D eigenvalue weighted by molar-refractivity contribution is 6.30. The summed E-state index contributed by atoms with van der Waals surface area (Å²) in [5.41, 5.74) is 0.680. The molecule has 0 bridgehead atoms. The third-order valence-electron chi connectivity index (χ3n) is 1.93. The van der Waals surface area contributed by atoms with Gasteiger partial charge in [0.15, 0.2) is 0 Å². The van der Waals surface area contributed by atoms with Crippen molar-refractivity contribution in [2.24, 2.45) is 0 Å². The minimum Gasteiger partial charge on any atom is -0.492 e. The highest BCUT2D eigenvalue weighted by Crippen LogP contribution is 2.28. The molecule has 0 aliphatic carbocycles. The van der Waals surface area contributed by atoms with E-state index in [4.69, 9.17) is 22.8 Å². The Hall–Kier alpha value is -1.17. The van der Waals surface area contributed by atoms with E-state index < -0.39 is 6.10 Å². The predicted molar refractivity (Wildman–Crippen MR) is 61.0 cm³/mol. The van der Waals surface area contributed by atoms with Gasteiger partial charge in [0.05, 0.1) is 12.7 Å². The van der Waals surface area contributed by atoms with Crippen molar-refractivity contribution in [2.45, 2.75) is 19.4 Å². The van der Waals surface area contributed by atoms with Gasteiger partial charge in [0, 0.05) is 17.0 Å². The van der Waals surface area contributed by atoms with Gasteiger partial charge in [-0.05, 0) is 25.1 Å². The van der Waals surface area contributed by atoms with E-state index in [9.17, 15) is 5.11 Å². The van der Waals surface area contributed by atoms with Gasteiger partial charge in [0.25, 0.3) is 0 Å². The monoisotopic (exact) mass is 224 g/mol. The van der Waals surface area contributed by atoms with Gasteiger partial charge < -0.3 is 9.84 Å². The second kappa shape index (κ2) is 5.65. The Balaban J connectivity index is 2.82. The van der Waals surface area contributed by atoms with Crippen LogP contribution in [-0.4, -0.2) is 11.7 Å². The van der Waals surface area contributed by atoms with Crippen molar-refractivity contribution in [3.8, 4) is 18.1 Å². The Morgan fingerprint density at radius 2 is 2.33 bits per heavy atom. The number of ether oxygens (including phenoxy) is 1. The average molecular weight is 225 g/mol. The highest BCUT2D eigenvalue weighted by atomic mass is 35.5. The highest BCUT2D eigenvalue weighted by Gasteiger charge is 2.09. The molecule has 2 nitrogen and oxygen atoms in total. The minimum atomic E-state index is -0.607. The van der Waals surface area contributed by atoms with Gasteiger partial charge in [-0.2, -0.15) is 0 Å². The normalized spacial score (nSPS) is 11.9. The summed E-state index contributed by atoms with van der Waals surface area (Å²) in [5, 5.41) is 10.1. The zero-order valence-electron chi connectivity index (χ0n) is 8.53. The Kier molecular flexibility index (Phi) is 4.48. The molecular weight excluding hydrogens is 212 g/mol. The van der Waals surface area contributed by atoms with E-state index in [2.05, 4.69) is 5.92 Å². The van der Waals surface area contributed by atoms with Crippen LogP contribution >= 0.6 is 11.6 Å². The van der Waals surface area contributed by atoms with E-state index in [0.717, 1.165) is 0 Å². The van der Waals surface area contributed by atoms with Gasteiger partial charge >= 0.3 is 0 Å². The van der Waals surface area contributed by atoms with Crippen molar-refractivity contribution >= 4 is 11.6 Å². The van der Waals surface area contributed by atoms with Crippen LogP contribution in [0.2, 0.25) is 5.02 Å². The molecule has 0 radical (unpaired) electrons. The van der Waals surface area contributed by atoms with Crippen LogP contribution in [0, 0.1) is 12.3 Å². The number of terminal acetylenes is 1. The molecule has 1 unspecified atom stereocenters. The first-order valence-corrected chi connectivity index (χ1v) is 5.06. The number of aliphatic hydroxyl groups excluding tert-OH is 1. The van der Waals surface area contributed by atoms with E-state index >= 15 is 0 Å². The number of hydrogen-bond acceptors (Lipinski definition) is 2. The molecule has 0 aliphatic rings. The standard InChI is InChI=1S/C12H13ClO2/c1-3-4-7-15-12-6-5-10(13)8-11(12)9(2)14/h1,5-6,8-9,14H,4,7H2,2H3. The van der Waals surface area contributed by atoms with Gasteiger partial charge in [-0.3, -0.25) is 0 Å². The lowest BCUT2D eigenvalue weighted by atomic mass is 10.1. The summed E-state index contributed by atoms with van der Waals surface area (Å²) >= 11 is 5.82. The first kappa shape index (κ1) is 11.9. The molecule has 1 aromatic carbocycles. The second-order valence-corrected chi connectivity index (χ2v) is 3.60. The number of benzene rings is 1. The summed E-state index contributed by atoms with van der Waals surface area (Å²) in [7, 11) is 0. The number of rotatable bonds is 4. The third-order valence-corrected chi connectivity index (χ3v) is 2.16. The summed E-state index contributed by atoms with van der Waals surface area (Å²) in [6, 6.07) is 5.15. The lowest BCUT2D eigenvalue weighted by molar-refractivity contribution is 0.191. The van der Waals surface area contributed by atoms with Crippen molar-refractivity contribution in [1.82, 2.24) is 0 Å². The Morgan fingerprint density at radius 1 is 1.60 bits per heavy atom. The fourth-order valence-electron chi connectivity index (χ4n) is 1.20. The largest absolute Gasteiger partial charge is 0.492 e. The molecular formula is C12H13ClO2. The van der Waals surface area contributed by atoms with Gasteiger partial charge in [-0.25, -0.2) is 0 Å². The van der Waals surface area contributed by atoms with E-state index in [0.29, 0.717) is 29.4 Å². The van der Waals surface area contributed by atoms with E-state index in [1.807, 2.05) is 0 Å². The molecule has 3 heteroatoms. The third kappa shape index (κ3) is 3.47. The molecule has 1 rings (SSSR count). The fraction of sp³-hybridized carbons (Fsp3) is 0.333. The minimum absolute atomic E-state index is 0.442. The van der Waals surface area contributed by atoms with Crippen LogP contribution in [0.4, 0.5) is 0 Å². The van der Waals surface area contributed by atoms with Gasteiger partial charge in [-0.1, -0.05) is 11.6 Å². The zero-order valence-corrected chi connectivity index (χ0v) is 9.29. The van der Waals surface area contributed by atoms with Crippen molar-refractivity contribution in [1.29, 1.82) is 0 Å². The molecule has 0 saturated carbocycles. The van der Waals surface area contributed by atoms with Crippen molar-refractivity contribution < 1.29 is 9.84 Å². The molecule has 0 aliphatic heterocycles. The van der Waals surface area contributed by atoms with Crippen LogP contribution in [0.5, 0.6) is 5.75 Å². The van der Waals surface area contributed by atoms with E-state index in [-0.39, 0.29) is 0 Å². The molecule has 80 valence electrons. The van der Waals surface area contributed by atoms with Crippen molar-refractivity contribution in [3.05, 3.63) is 28.8 Å². The summed E-state index contributed by atoms with van der Waals surface area (Å²) in [5.74, 6) is 3.11. The predicted octanol–water partition coefficient (Wildman–Crippen LogP) is 2.80. The SMILES string of the molecule is C#CCCOc1ccc(Cl)cc1C(C)O. The van der Waals surface area contributed by atoms with Gasteiger partial charge in [-0.15, -0.1) is 12.3 Å². The quantitative estimate of drug-likeness (QED) is 0.630. The number of aliphatic hydroxyl groups is 1. The maximum atomic E-state index is 9.51. The van der Waals surface area contributed by atoms with Crippen LogP contribution in [0.25, 0.3) is 0 Å². The molecule has 0 heterocycles. The summed E-state index contributed by atoms with van der Waals surface area (Å²) < 4.78 is 5.43. The molecule has 1 N–H and O–H groups in total. The van der Waals surface area contributed by atoms with Crippen LogP contribution in [-0.2, 0) is 0 Å². The molecule has 15 heavy (non-hydrogen) atoms. The topological polar surface area (TPSA) is 29.5 Å². The van der Waals surface area contributed by atoms with Crippen molar-refractivity contribution in [3.63, 3.8) is 0 Å². The van der Waals surface area contributed by atoms with Crippen LogP contribution in [0.3, 0.4) is 0 Å². The summed E-state index contributed by atoms with van der Waals surface area (Å²) in [6.45, 7) is 2.11. The summed E-state index contributed by atoms with van der Waals surface area (Å²) in [4.78, 5) is 0. The molecule has 0 amide bonds. The molecule has 0 fully saturated rings. The average Bonchev–Trinajstić information content (AvgIpc) is 2.20. The second-order valence-electron chi connectivity index (χ2n) is 3.16. The van der Waals surface area contributed by atoms with E-state index in [1.165, 1.54) is 0 Å². The Labute approximate surface area is 94.8 Å². The molecule has 0 spiro atoms. The number of halogens is 1.